The molecule has 1 aromatic carbocycles. The van der Waals surface area contributed by atoms with Crippen LogP contribution in [0, 0.1) is 0 Å². The quantitative estimate of drug-likeness (QED) is 0.741. The molecule has 0 bridgehead atoms. The molecule has 1 N–H and O–H groups in total. The number of carbonyl (C=O) groups is 1. The standard InChI is InChI=1S/C15H16ClNO2S2/c16-13-5-1-2-6-14(13)19-10-15(18)17-7-9-20-11-12-4-3-8-21-12/h1-6,8H,7,9-11H2,(H,17,18). The Bertz CT molecular complexity index is 561. The van der Waals surface area contributed by atoms with Gasteiger partial charge in [-0.1, -0.05) is 29.8 Å². The van der Waals surface area contributed by atoms with Gasteiger partial charge in [0.2, 0.25) is 0 Å². The van der Waals surface area contributed by atoms with Crippen LogP contribution in [-0.4, -0.2) is 24.8 Å². The Kier molecular flexibility index (Phi) is 6.92. The van der Waals surface area contributed by atoms with E-state index in [-0.39, 0.29) is 12.5 Å². The average molecular weight is 342 g/mol. The summed E-state index contributed by atoms with van der Waals surface area (Å²) in [6, 6.07) is 11.3. The molecule has 1 aromatic heterocycles. The zero-order chi connectivity index (χ0) is 14.9. The van der Waals surface area contributed by atoms with Crippen LogP contribution in [0.25, 0.3) is 0 Å². The molecule has 3 nitrogen and oxygen atoms in total. The van der Waals surface area contributed by atoms with Gasteiger partial charge in [-0.25, -0.2) is 0 Å². The molecule has 6 heteroatoms. The van der Waals surface area contributed by atoms with Crippen molar-refractivity contribution < 1.29 is 9.53 Å². The Morgan fingerprint density at radius 3 is 2.90 bits per heavy atom. The van der Waals surface area contributed by atoms with Crippen molar-refractivity contribution in [3.05, 3.63) is 51.7 Å². The topological polar surface area (TPSA) is 38.3 Å². The van der Waals surface area contributed by atoms with Crippen molar-refractivity contribution in [2.75, 3.05) is 18.9 Å². The Morgan fingerprint density at radius 1 is 1.29 bits per heavy atom. The summed E-state index contributed by atoms with van der Waals surface area (Å²) in [4.78, 5) is 13.0. The van der Waals surface area contributed by atoms with Gasteiger partial charge in [-0.05, 0) is 23.6 Å². The maximum absolute atomic E-state index is 11.6. The largest absolute Gasteiger partial charge is 0.482 e. The predicted octanol–water partition coefficient (Wildman–Crippen LogP) is 3.83. The minimum atomic E-state index is -0.133. The number of benzene rings is 1. The summed E-state index contributed by atoms with van der Waals surface area (Å²) in [5.41, 5.74) is 0. The molecular formula is C15H16ClNO2S2. The third-order valence-corrected chi connectivity index (χ3v) is 4.97. The summed E-state index contributed by atoms with van der Waals surface area (Å²) in [6.07, 6.45) is 0. The first-order valence-electron chi connectivity index (χ1n) is 6.50. The smallest absolute Gasteiger partial charge is 0.257 e. The van der Waals surface area contributed by atoms with Gasteiger partial charge in [-0.2, -0.15) is 11.8 Å². The second-order valence-corrected chi connectivity index (χ2v) is 6.75. The molecule has 0 aliphatic carbocycles. The molecule has 0 atom stereocenters. The van der Waals surface area contributed by atoms with Crippen molar-refractivity contribution in [3.8, 4) is 5.75 Å². The first-order chi connectivity index (χ1) is 10.3. The molecule has 112 valence electrons. The number of hydrogen-bond acceptors (Lipinski definition) is 4. The molecule has 1 amide bonds. The van der Waals surface area contributed by atoms with E-state index in [2.05, 4.69) is 16.8 Å². The van der Waals surface area contributed by atoms with Gasteiger partial charge >= 0.3 is 0 Å². The number of para-hydroxylation sites is 1. The third-order valence-electron chi connectivity index (χ3n) is 2.59. The van der Waals surface area contributed by atoms with Crippen molar-refractivity contribution in [1.82, 2.24) is 5.32 Å². The molecule has 0 unspecified atom stereocenters. The van der Waals surface area contributed by atoms with E-state index >= 15 is 0 Å². The van der Waals surface area contributed by atoms with E-state index in [0.29, 0.717) is 17.3 Å². The molecule has 1 heterocycles. The number of nitrogens with one attached hydrogen (secondary N) is 1. The molecule has 0 aliphatic rings. The van der Waals surface area contributed by atoms with Gasteiger partial charge in [0.05, 0.1) is 5.02 Å². The lowest BCUT2D eigenvalue weighted by Gasteiger charge is -2.08. The molecule has 2 aromatic rings. The molecule has 21 heavy (non-hydrogen) atoms. The highest BCUT2D eigenvalue weighted by Crippen LogP contribution is 2.22. The Morgan fingerprint density at radius 2 is 2.14 bits per heavy atom. The minimum absolute atomic E-state index is 0.0146. The van der Waals surface area contributed by atoms with E-state index in [1.165, 1.54) is 4.88 Å². The van der Waals surface area contributed by atoms with Crippen LogP contribution in [0.3, 0.4) is 0 Å². The molecule has 0 aliphatic heterocycles. The van der Waals surface area contributed by atoms with Crippen LogP contribution >= 0.6 is 34.7 Å². The van der Waals surface area contributed by atoms with Gasteiger partial charge in [-0.3, -0.25) is 4.79 Å². The van der Waals surface area contributed by atoms with E-state index < -0.39 is 0 Å². The fraction of sp³-hybridized carbons (Fsp3) is 0.267. The summed E-state index contributed by atoms with van der Waals surface area (Å²) in [5.74, 6) is 2.27. The van der Waals surface area contributed by atoms with E-state index in [1.54, 1.807) is 35.2 Å². The van der Waals surface area contributed by atoms with Gasteiger partial charge in [-0.15, -0.1) is 11.3 Å². The minimum Gasteiger partial charge on any atom is -0.482 e. The molecule has 0 fully saturated rings. The van der Waals surface area contributed by atoms with Gasteiger partial charge < -0.3 is 10.1 Å². The van der Waals surface area contributed by atoms with E-state index in [0.717, 1.165) is 11.5 Å². The number of carbonyl (C=O) groups excluding carboxylic acids is 1. The maximum atomic E-state index is 11.6. The Balaban J connectivity index is 1.56. The molecule has 0 spiro atoms. The van der Waals surface area contributed by atoms with E-state index in [1.807, 2.05) is 18.2 Å². The molecule has 0 saturated heterocycles. The van der Waals surface area contributed by atoms with Crippen molar-refractivity contribution in [1.29, 1.82) is 0 Å². The zero-order valence-corrected chi connectivity index (χ0v) is 13.8. The van der Waals surface area contributed by atoms with E-state index in [4.69, 9.17) is 16.3 Å². The highest BCUT2D eigenvalue weighted by Gasteiger charge is 2.04. The van der Waals surface area contributed by atoms with Crippen LogP contribution in [-0.2, 0) is 10.5 Å². The number of amides is 1. The SMILES string of the molecule is O=C(COc1ccccc1Cl)NCCSCc1cccs1. The van der Waals surface area contributed by atoms with Gasteiger partial charge in [0.1, 0.15) is 5.75 Å². The number of thioether (sulfide) groups is 1. The second-order valence-electron chi connectivity index (χ2n) is 4.20. The second kappa shape index (κ2) is 8.97. The predicted molar refractivity (Wildman–Crippen MR) is 90.4 cm³/mol. The third kappa shape index (κ3) is 5.99. The summed E-state index contributed by atoms with van der Waals surface area (Å²) in [5, 5.41) is 5.41. The first-order valence-corrected chi connectivity index (χ1v) is 8.91. The van der Waals surface area contributed by atoms with Crippen LogP contribution in [0.2, 0.25) is 5.02 Å². The highest BCUT2D eigenvalue weighted by molar-refractivity contribution is 7.98. The summed E-state index contributed by atoms with van der Waals surface area (Å²) < 4.78 is 5.37. The number of ether oxygens (including phenoxy) is 1. The lowest BCUT2D eigenvalue weighted by Crippen LogP contribution is -2.30. The van der Waals surface area contributed by atoms with Crippen molar-refractivity contribution in [3.63, 3.8) is 0 Å². The van der Waals surface area contributed by atoms with Gasteiger partial charge in [0.25, 0.3) is 5.91 Å². The summed E-state index contributed by atoms with van der Waals surface area (Å²) in [7, 11) is 0. The summed E-state index contributed by atoms with van der Waals surface area (Å²) >= 11 is 9.50. The van der Waals surface area contributed by atoms with Crippen molar-refractivity contribution in [2.24, 2.45) is 0 Å². The number of thiophene rings is 1. The maximum Gasteiger partial charge on any atom is 0.257 e. The number of hydrogen-bond donors (Lipinski definition) is 1. The fourth-order valence-corrected chi connectivity index (χ4v) is 3.48. The zero-order valence-electron chi connectivity index (χ0n) is 11.4. The summed E-state index contributed by atoms with van der Waals surface area (Å²) in [6.45, 7) is 0.625. The molecular weight excluding hydrogens is 326 g/mol. The Labute approximate surface area is 137 Å². The van der Waals surface area contributed by atoms with Crippen LogP contribution in [0.1, 0.15) is 4.88 Å². The van der Waals surface area contributed by atoms with Gasteiger partial charge in [0, 0.05) is 22.9 Å². The lowest BCUT2D eigenvalue weighted by atomic mass is 10.3. The van der Waals surface area contributed by atoms with Crippen LogP contribution in [0.15, 0.2) is 41.8 Å². The average Bonchev–Trinajstić information content (AvgIpc) is 2.99. The van der Waals surface area contributed by atoms with Crippen molar-refractivity contribution >= 4 is 40.6 Å². The van der Waals surface area contributed by atoms with Crippen LogP contribution < -0.4 is 10.1 Å². The van der Waals surface area contributed by atoms with Gasteiger partial charge in [0.15, 0.2) is 6.61 Å². The molecule has 0 saturated carbocycles. The first kappa shape index (κ1) is 16.2. The number of halogens is 1. The fourth-order valence-electron chi connectivity index (χ4n) is 1.59. The van der Waals surface area contributed by atoms with Crippen molar-refractivity contribution in [2.45, 2.75) is 5.75 Å². The van der Waals surface area contributed by atoms with Crippen LogP contribution in [0.4, 0.5) is 0 Å². The number of rotatable bonds is 8. The Hall–Kier alpha value is -1.17. The lowest BCUT2D eigenvalue weighted by molar-refractivity contribution is -0.122. The molecule has 2 rings (SSSR count). The van der Waals surface area contributed by atoms with Crippen LogP contribution in [0.5, 0.6) is 5.75 Å². The monoisotopic (exact) mass is 341 g/mol. The van der Waals surface area contributed by atoms with E-state index in [9.17, 15) is 4.79 Å². The normalized spacial score (nSPS) is 10.3. The molecule has 0 radical (unpaired) electrons. The highest BCUT2D eigenvalue weighted by atomic mass is 35.5.